The van der Waals surface area contributed by atoms with E-state index >= 15 is 0 Å². The van der Waals surface area contributed by atoms with Gasteiger partial charge in [0.25, 0.3) is 5.91 Å². The molecule has 1 N–H and O–H groups in total. The highest BCUT2D eigenvalue weighted by Crippen LogP contribution is 2.24. The Morgan fingerprint density at radius 2 is 2.32 bits per heavy atom. The highest BCUT2D eigenvalue weighted by Gasteiger charge is 2.31. The molecule has 0 radical (unpaired) electrons. The molecule has 3 rings (SSSR count). The molecule has 2 heterocycles. The van der Waals surface area contributed by atoms with Crippen molar-refractivity contribution in [3.05, 3.63) is 30.6 Å². The van der Waals surface area contributed by atoms with Crippen LogP contribution in [0.4, 0.5) is 0 Å². The summed E-state index contributed by atoms with van der Waals surface area (Å²) in [7, 11) is 1.81. The van der Waals surface area contributed by atoms with Crippen molar-refractivity contribution in [3.63, 3.8) is 0 Å². The van der Waals surface area contributed by atoms with Gasteiger partial charge in [0.1, 0.15) is 11.8 Å². The summed E-state index contributed by atoms with van der Waals surface area (Å²) in [6, 6.07) is 0.0207. The molecule has 0 aliphatic heterocycles. The van der Waals surface area contributed by atoms with Gasteiger partial charge in [0, 0.05) is 13.6 Å². The number of rotatable bonds is 5. The minimum atomic E-state index is -0.107. The molecule has 0 spiro atoms. The number of aromatic nitrogens is 4. The Kier molecular flexibility index (Phi) is 4.13. The van der Waals surface area contributed by atoms with Gasteiger partial charge in [-0.1, -0.05) is 0 Å². The predicted molar refractivity (Wildman–Crippen MR) is 80.6 cm³/mol. The van der Waals surface area contributed by atoms with Crippen LogP contribution in [-0.4, -0.2) is 37.4 Å². The predicted octanol–water partition coefficient (Wildman–Crippen LogP) is 1.37. The third-order valence-electron chi connectivity index (χ3n) is 4.04. The largest absolute Gasteiger partial charge is 0.485 e. The fraction of sp³-hybridized carbons (Fsp3) is 0.533. The third-order valence-corrected chi connectivity index (χ3v) is 4.04. The molecule has 0 bridgehead atoms. The van der Waals surface area contributed by atoms with Gasteiger partial charge in [0.15, 0.2) is 5.75 Å². The van der Waals surface area contributed by atoms with E-state index in [1.165, 1.54) is 0 Å². The van der Waals surface area contributed by atoms with E-state index in [-0.39, 0.29) is 18.1 Å². The molecular weight excluding hydrogens is 282 g/mol. The van der Waals surface area contributed by atoms with Crippen LogP contribution < -0.4 is 10.1 Å². The van der Waals surface area contributed by atoms with Crippen LogP contribution in [0.3, 0.4) is 0 Å². The molecule has 1 saturated carbocycles. The van der Waals surface area contributed by atoms with Crippen LogP contribution in [0.2, 0.25) is 0 Å². The van der Waals surface area contributed by atoms with Crippen molar-refractivity contribution in [1.82, 2.24) is 24.6 Å². The Hall–Kier alpha value is -2.31. The number of aryl methyl sites for hydroxylation is 2. The van der Waals surface area contributed by atoms with Crippen molar-refractivity contribution in [3.8, 4) is 5.75 Å². The molecule has 0 unspecified atom stereocenters. The van der Waals surface area contributed by atoms with E-state index in [1.807, 2.05) is 24.9 Å². The average Bonchev–Trinajstić information content (AvgIpc) is 3.22. The Morgan fingerprint density at radius 3 is 3.00 bits per heavy atom. The Balaban J connectivity index is 1.63. The zero-order valence-corrected chi connectivity index (χ0v) is 12.9. The van der Waals surface area contributed by atoms with Gasteiger partial charge in [-0.2, -0.15) is 5.10 Å². The summed E-state index contributed by atoms with van der Waals surface area (Å²) in [4.78, 5) is 16.3. The Morgan fingerprint density at radius 1 is 1.45 bits per heavy atom. The summed E-state index contributed by atoms with van der Waals surface area (Å²) in [5.74, 6) is 0.651. The lowest BCUT2D eigenvalue weighted by atomic mass is 10.2. The van der Waals surface area contributed by atoms with Gasteiger partial charge in [-0.3, -0.25) is 9.48 Å². The van der Waals surface area contributed by atoms with Crippen LogP contribution in [0.15, 0.2) is 24.9 Å². The van der Waals surface area contributed by atoms with E-state index in [1.54, 1.807) is 23.3 Å². The van der Waals surface area contributed by atoms with E-state index < -0.39 is 0 Å². The minimum Gasteiger partial charge on any atom is -0.485 e. The van der Waals surface area contributed by atoms with Crippen molar-refractivity contribution in [2.75, 3.05) is 0 Å². The molecule has 1 amide bonds. The highest BCUT2D eigenvalue weighted by molar-refractivity contribution is 5.92. The number of hydrogen-bond acceptors (Lipinski definition) is 4. The lowest BCUT2D eigenvalue weighted by Crippen LogP contribution is -2.42. The van der Waals surface area contributed by atoms with Crippen LogP contribution in [0.5, 0.6) is 5.75 Å². The van der Waals surface area contributed by atoms with Gasteiger partial charge in [0.2, 0.25) is 0 Å². The fourth-order valence-electron chi connectivity index (χ4n) is 2.80. The highest BCUT2D eigenvalue weighted by atomic mass is 16.5. The van der Waals surface area contributed by atoms with Gasteiger partial charge >= 0.3 is 0 Å². The summed E-state index contributed by atoms with van der Waals surface area (Å²) >= 11 is 0. The number of amides is 1. The second-order valence-corrected chi connectivity index (χ2v) is 5.59. The molecule has 1 aliphatic carbocycles. The van der Waals surface area contributed by atoms with E-state index in [4.69, 9.17) is 4.74 Å². The van der Waals surface area contributed by atoms with Crippen LogP contribution in [0.25, 0.3) is 0 Å². The van der Waals surface area contributed by atoms with Gasteiger partial charge in [-0.25, -0.2) is 4.98 Å². The summed E-state index contributed by atoms with van der Waals surface area (Å²) in [5.41, 5.74) is 0.560. The molecule has 1 aliphatic rings. The van der Waals surface area contributed by atoms with Gasteiger partial charge in [-0.15, -0.1) is 0 Å². The standard InChI is InChI=1S/C15H21N5O2/c1-3-20-9-11(7-17-20)22-14-6-4-5-12(14)18-15(21)13-8-16-10-19(13)2/h7-10,12,14H,3-6H2,1-2H3,(H,18,21)/t12-,14+/m0/s1. The molecule has 7 heteroatoms. The second-order valence-electron chi connectivity index (χ2n) is 5.59. The van der Waals surface area contributed by atoms with Crippen molar-refractivity contribution in [1.29, 1.82) is 0 Å². The quantitative estimate of drug-likeness (QED) is 0.905. The number of nitrogens with one attached hydrogen (secondary N) is 1. The van der Waals surface area contributed by atoms with Gasteiger partial charge in [0.05, 0.1) is 31.0 Å². The van der Waals surface area contributed by atoms with Crippen molar-refractivity contribution in [2.45, 2.75) is 44.9 Å². The fourth-order valence-corrected chi connectivity index (χ4v) is 2.80. The number of carbonyl (C=O) groups excluding carboxylic acids is 1. The SMILES string of the molecule is CCn1cc(O[C@@H]2CCC[C@@H]2NC(=O)c2cncn2C)cn1. The van der Waals surface area contributed by atoms with Gasteiger partial charge < -0.3 is 14.6 Å². The molecule has 7 nitrogen and oxygen atoms in total. The molecule has 2 aromatic heterocycles. The maximum atomic E-state index is 12.3. The van der Waals surface area contributed by atoms with E-state index in [0.29, 0.717) is 5.69 Å². The molecule has 2 aromatic rings. The Labute approximate surface area is 129 Å². The molecule has 0 aromatic carbocycles. The molecule has 2 atom stereocenters. The van der Waals surface area contributed by atoms with Crippen molar-refractivity contribution < 1.29 is 9.53 Å². The lowest BCUT2D eigenvalue weighted by Gasteiger charge is -2.21. The number of hydrogen-bond donors (Lipinski definition) is 1. The molecule has 1 fully saturated rings. The minimum absolute atomic E-state index is 0.00770. The first-order valence-corrected chi connectivity index (χ1v) is 7.63. The van der Waals surface area contributed by atoms with E-state index in [9.17, 15) is 4.79 Å². The first kappa shape index (κ1) is 14.6. The van der Waals surface area contributed by atoms with Crippen LogP contribution in [-0.2, 0) is 13.6 Å². The van der Waals surface area contributed by atoms with Crippen LogP contribution in [0.1, 0.15) is 36.7 Å². The number of ether oxygens (including phenoxy) is 1. The Bertz CT molecular complexity index is 648. The van der Waals surface area contributed by atoms with Gasteiger partial charge in [-0.05, 0) is 26.2 Å². The summed E-state index contributed by atoms with van der Waals surface area (Å²) in [6.07, 6.45) is 9.71. The van der Waals surface area contributed by atoms with E-state index in [0.717, 1.165) is 31.6 Å². The topological polar surface area (TPSA) is 74.0 Å². The maximum absolute atomic E-state index is 12.3. The summed E-state index contributed by atoms with van der Waals surface area (Å²) in [6.45, 7) is 2.85. The molecule has 0 saturated heterocycles. The molecule has 118 valence electrons. The number of nitrogens with zero attached hydrogens (tertiary/aromatic N) is 4. The average molecular weight is 303 g/mol. The van der Waals surface area contributed by atoms with E-state index in [2.05, 4.69) is 15.4 Å². The summed E-state index contributed by atoms with van der Waals surface area (Å²) < 4.78 is 9.54. The first-order chi connectivity index (χ1) is 10.7. The van der Waals surface area contributed by atoms with Crippen molar-refractivity contribution >= 4 is 5.91 Å². The third kappa shape index (κ3) is 2.98. The van der Waals surface area contributed by atoms with Crippen LogP contribution in [0, 0.1) is 0 Å². The zero-order chi connectivity index (χ0) is 15.5. The van der Waals surface area contributed by atoms with Crippen LogP contribution >= 0.6 is 0 Å². The monoisotopic (exact) mass is 303 g/mol. The molecular formula is C15H21N5O2. The second kappa shape index (κ2) is 6.21. The summed E-state index contributed by atoms with van der Waals surface area (Å²) in [5, 5.41) is 7.27. The van der Waals surface area contributed by atoms with Crippen molar-refractivity contribution in [2.24, 2.45) is 7.05 Å². The first-order valence-electron chi connectivity index (χ1n) is 7.63. The maximum Gasteiger partial charge on any atom is 0.269 e. The lowest BCUT2D eigenvalue weighted by molar-refractivity contribution is 0.0886. The smallest absolute Gasteiger partial charge is 0.269 e. The molecule has 22 heavy (non-hydrogen) atoms. The zero-order valence-electron chi connectivity index (χ0n) is 12.9. The normalized spacial score (nSPS) is 21.0. The number of carbonyl (C=O) groups is 1. The number of imidazole rings is 1.